The second-order valence-electron chi connectivity index (χ2n) is 5.05. The van der Waals surface area contributed by atoms with E-state index in [-0.39, 0.29) is 6.04 Å². The van der Waals surface area contributed by atoms with E-state index in [9.17, 15) is 0 Å². The van der Waals surface area contributed by atoms with Crippen LogP contribution in [0.25, 0.3) is 11.0 Å². The van der Waals surface area contributed by atoms with Gasteiger partial charge in [-0.3, -0.25) is 0 Å². The lowest BCUT2D eigenvalue weighted by molar-refractivity contribution is 0.283. The molecule has 1 aromatic carbocycles. The normalized spacial score (nSPS) is 13.3. The van der Waals surface area contributed by atoms with Crippen molar-refractivity contribution in [3.05, 3.63) is 36.1 Å². The first-order valence-corrected chi connectivity index (χ1v) is 7.15. The third-order valence-electron chi connectivity index (χ3n) is 3.46. The number of para-hydroxylation sites is 1. The molecule has 1 atom stereocenters. The first-order valence-electron chi connectivity index (χ1n) is 7.15. The average Bonchev–Trinajstić information content (AvgIpc) is 2.86. The fourth-order valence-corrected chi connectivity index (χ4v) is 2.19. The van der Waals surface area contributed by atoms with Gasteiger partial charge in [0.15, 0.2) is 0 Å². The van der Waals surface area contributed by atoms with Crippen molar-refractivity contribution in [2.45, 2.75) is 26.3 Å². The van der Waals surface area contributed by atoms with Crippen molar-refractivity contribution in [3.8, 4) is 0 Å². The van der Waals surface area contributed by atoms with Crippen molar-refractivity contribution in [1.29, 1.82) is 0 Å². The number of hydrogen-bond donors (Lipinski definition) is 1. The van der Waals surface area contributed by atoms with Crippen LogP contribution < -0.4 is 5.32 Å². The average molecular weight is 260 g/mol. The van der Waals surface area contributed by atoms with Crippen molar-refractivity contribution in [3.63, 3.8) is 0 Å². The largest absolute Gasteiger partial charge is 0.459 e. The first kappa shape index (κ1) is 14.1. The Kier molecular flexibility index (Phi) is 5.00. The number of hydrogen-bond acceptors (Lipinski definition) is 3. The maximum absolute atomic E-state index is 5.98. The Morgan fingerprint density at radius 1 is 1.26 bits per heavy atom. The van der Waals surface area contributed by atoms with E-state index in [0.29, 0.717) is 0 Å². The lowest BCUT2D eigenvalue weighted by Crippen LogP contribution is -2.33. The number of rotatable bonds is 7. The minimum absolute atomic E-state index is 0.261. The van der Waals surface area contributed by atoms with Crippen LogP contribution in [0, 0.1) is 0 Å². The van der Waals surface area contributed by atoms with Gasteiger partial charge in [0, 0.05) is 11.9 Å². The molecule has 1 N–H and O–H groups in total. The second kappa shape index (κ2) is 6.73. The molecule has 3 nitrogen and oxygen atoms in total. The van der Waals surface area contributed by atoms with Gasteiger partial charge in [-0.1, -0.05) is 32.0 Å². The smallest absolute Gasteiger partial charge is 0.134 e. The van der Waals surface area contributed by atoms with Gasteiger partial charge in [-0.25, -0.2) is 0 Å². The standard InChI is InChI=1S/C16H24N2O/c1-4-10-17-14(12-18(3)5-2)16-11-13-8-6-7-9-15(13)19-16/h6-9,11,14,17H,4-5,10,12H2,1-3H3. The summed E-state index contributed by atoms with van der Waals surface area (Å²) in [4.78, 5) is 2.31. The third kappa shape index (κ3) is 3.58. The van der Waals surface area contributed by atoms with Crippen LogP contribution in [0.3, 0.4) is 0 Å². The van der Waals surface area contributed by atoms with Crippen LogP contribution in [0.5, 0.6) is 0 Å². The lowest BCUT2D eigenvalue weighted by Gasteiger charge is -2.22. The molecule has 1 unspecified atom stereocenters. The maximum atomic E-state index is 5.98. The molecule has 2 aromatic rings. The predicted octanol–water partition coefficient (Wildman–Crippen LogP) is 3.43. The molecule has 0 amide bonds. The van der Waals surface area contributed by atoms with Gasteiger partial charge in [-0.2, -0.15) is 0 Å². The fraction of sp³-hybridized carbons (Fsp3) is 0.500. The Morgan fingerprint density at radius 2 is 2.05 bits per heavy atom. The zero-order valence-electron chi connectivity index (χ0n) is 12.1. The van der Waals surface area contributed by atoms with Gasteiger partial charge in [0.2, 0.25) is 0 Å². The van der Waals surface area contributed by atoms with Gasteiger partial charge in [-0.05, 0) is 38.7 Å². The van der Waals surface area contributed by atoms with Crippen LogP contribution >= 0.6 is 0 Å². The predicted molar refractivity (Wildman–Crippen MR) is 80.4 cm³/mol. The van der Waals surface area contributed by atoms with Gasteiger partial charge in [-0.15, -0.1) is 0 Å². The summed E-state index contributed by atoms with van der Waals surface area (Å²) < 4.78 is 5.98. The molecule has 0 bridgehead atoms. The fourth-order valence-electron chi connectivity index (χ4n) is 2.19. The molecule has 0 aliphatic heterocycles. The van der Waals surface area contributed by atoms with Crippen LogP contribution in [0.2, 0.25) is 0 Å². The minimum Gasteiger partial charge on any atom is -0.459 e. The molecule has 0 saturated heterocycles. The molecule has 0 aliphatic rings. The highest BCUT2D eigenvalue weighted by atomic mass is 16.3. The summed E-state index contributed by atoms with van der Waals surface area (Å²) in [7, 11) is 2.14. The number of fused-ring (bicyclic) bond motifs is 1. The highest BCUT2D eigenvalue weighted by molar-refractivity contribution is 5.77. The molecule has 0 saturated carbocycles. The van der Waals surface area contributed by atoms with Crippen molar-refractivity contribution in [2.24, 2.45) is 0 Å². The Balaban J connectivity index is 2.20. The molecule has 19 heavy (non-hydrogen) atoms. The maximum Gasteiger partial charge on any atom is 0.134 e. The van der Waals surface area contributed by atoms with Crippen molar-refractivity contribution >= 4 is 11.0 Å². The van der Waals surface area contributed by atoms with E-state index in [1.54, 1.807) is 0 Å². The molecule has 0 aliphatic carbocycles. The Morgan fingerprint density at radius 3 is 2.74 bits per heavy atom. The number of likely N-dealkylation sites (N-methyl/N-ethyl adjacent to an activating group) is 1. The van der Waals surface area contributed by atoms with Crippen LogP contribution in [-0.2, 0) is 0 Å². The molecular formula is C16H24N2O. The van der Waals surface area contributed by atoms with E-state index >= 15 is 0 Å². The molecule has 3 heteroatoms. The zero-order chi connectivity index (χ0) is 13.7. The number of furan rings is 1. The van der Waals surface area contributed by atoms with Crippen molar-refractivity contribution < 1.29 is 4.42 Å². The highest BCUT2D eigenvalue weighted by Crippen LogP contribution is 2.24. The lowest BCUT2D eigenvalue weighted by atomic mass is 10.2. The molecule has 0 fully saturated rings. The Bertz CT molecular complexity index is 473. The molecule has 104 valence electrons. The summed E-state index contributed by atoms with van der Waals surface area (Å²) in [6.45, 7) is 7.39. The number of nitrogens with one attached hydrogen (secondary N) is 1. The van der Waals surface area contributed by atoms with Gasteiger partial charge < -0.3 is 14.6 Å². The van der Waals surface area contributed by atoms with E-state index in [4.69, 9.17) is 4.42 Å². The van der Waals surface area contributed by atoms with Gasteiger partial charge in [0.25, 0.3) is 0 Å². The quantitative estimate of drug-likeness (QED) is 0.827. The number of nitrogens with zero attached hydrogens (tertiary/aromatic N) is 1. The third-order valence-corrected chi connectivity index (χ3v) is 3.46. The first-order chi connectivity index (χ1) is 9.24. The van der Waals surface area contributed by atoms with Crippen molar-refractivity contribution in [2.75, 3.05) is 26.7 Å². The molecule has 1 heterocycles. The molecule has 0 radical (unpaired) electrons. The summed E-state index contributed by atoms with van der Waals surface area (Å²) in [6, 6.07) is 10.6. The van der Waals surface area contributed by atoms with E-state index in [0.717, 1.165) is 37.4 Å². The summed E-state index contributed by atoms with van der Waals surface area (Å²) in [6.07, 6.45) is 1.13. The molecule has 1 aromatic heterocycles. The molecule has 0 spiro atoms. The Hall–Kier alpha value is -1.32. The summed E-state index contributed by atoms with van der Waals surface area (Å²) in [5.41, 5.74) is 0.972. The zero-order valence-corrected chi connectivity index (χ0v) is 12.1. The monoisotopic (exact) mass is 260 g/mol. The topological polar surface area (TPSA) is 28.4 Å². The molecular weight excluding hydrogens is 236 g/mol. The van der Waals surface area contributed by atoms with Gasteiger partial charge >= 0.3 is 0 Å². The van der Waals surface area contributed by atoms with E-state index in [1.165, 1.54) is 5.39 Å². The van der Waals surface area contributed by atoms with Crippen LogP contribution in [-0.4, -0.2) is 31.6 Å². The van der Waals surface area contributed by atoms with E-state index in [1.807, 2.05) is 18.2 Å². The second-order valence-corrected chi connectivity index (χ2v) is 5.05. The van der Waals surface area contributed by atoms with Crippen LogP contribution in [0.1, 0.15) is 32.1 Å². The van der Waals surface area contributed by atoms with E-state index < -0.39 is 0 Å². The SMILES string of the molecule is CCCNC(CN(C)CC)c1cc2ccccc2o1. The van der Waals surface area contributed by atoms with E-state index in [2.05, 4.69) is 43.2 Å². The molecule has 2 rings (SSSR count). The summed E-state index contributed by atoms with van der Waals surface area (Å²) >= 11 is 0. The number of benzene rings is 1. The Labute approximate surface area is 115 Å². The summed E-state index contributed by atoms with van der Waals surface area (Å²) in [5.74, 6) is 1.04. The summed E-state index contributed by atoms with van der Waals surface area (Å²) in [5, 5.41) is 4.76. The van der Waals surface area contributed by atoms with Gasteiger partial charge in [0.1, 0.15) is 11.3 Å². The van der Waals surface area contributed by atoms with Crippen molar-refractivity contribution in [1.82, 2.24) is 10.2 Å². The highest BCUT2D eigenvalue weighted by Gasteiger charge is 2.17. The van der Waals surface area contributed by atoms with Crippen LogP contribution in [0.15, 0.2) is 34.7 Å². The minimum atomic E-state index is 0.261. The van der Waals surface area contributed by atoms with Gasteiger partial charge in [0.05, 0.1) is 6.04 Å². The van der Waals surface area contributed by atoms with Crippen LogP contribution in [0.4, 0.5) is 0 Å².